The third-order valence-electron chi connectivity index (χ3n) is 5.18. The molecule has 0 aliphatic rings. The standard InChI is InChI=1S/C22H14ClF3N6O/c1-33-20-7-13(23)4-5-14(20)22-27-18-8-16(25)17(26)9-19(18)32(22)10-12-3-2-11(6-15(12)24)21-28-30-31-29-21/h2-9H,10H2,1H3,(H,28,29,30,31). The third-order valence-corrected chi connectivity index (χ3v) is 5.41. The molecule has 0 aliphatic carbocycles. The summed E-state index contributed by atoms with van der Waals surface area (Å²) < 4.78 is 50.1. The second-order valence-corrected chi connectivity index (χ2v) is 7.60. The van der Waals surface area contributed by atoms with Crippen LogP contribution >= 0.6 is 11.6 Å². The van der Waals surface area contributed by atoms with Gasteiger partial charge in [-0.2, -0.15) is 5.21 Å². The lowest BCUT2D eigenvalue weighted by molar-refractivity contribution is 0.416. The van der Waals surface area contributed by atoms with Crippen molar-refractivity contribution in [3.8, 4) is 28.5 Å². The minimum Gasteiger partial charge on any atom is -0.496 e. The first-order valence-electron chi connectivity index (χ1n) is 9.66. The molecule has 166 valence electrons. The van der Waals surface area contributed by atoms with Gasteiger partial charge in [0.25, 0.3) is 0 Å². The summed E-state index contributed by atoms with van der Waals surface area (Å²) in [4.78, 5) is 4.49. The van der Waals surface area contributed by atoms with Crippen molar-refractivity contribution in [3.63, 3.8) is 0 Å². The Morgan fingerprint density at radius 3 is 2.55 bits per heavy atom. The molecule has 0 atom stereocenters. The molecule has 0 unspecified atom stereocenters. The van der Waals surface area contributed by atoms with Gasteiger partial charge < -0.3 is 9.30 Å². The molecule has 3 aromatic carbocycles. The average molecular weight is 471 g/mol. The number of hydrogen-bond donors (Lipinski definition) is 1. The summed E-state index contributed by atoms with van der Waals surface area (Å²) in [5.41, 5.74) is 1.77. The number of rotatable bonds is 5. The van der Waals surface area contributed by atoms with E-state index >= 15 is 4.39 Å². The monoisotopic (exact) mass is 470 g/mol. The minimum absolute atomic E-state index is 0.0129. The second kappa shape index (κ2) is 8.21. The van der Waals surface area contributed by atoms with Crippen LogP contribution < -0.4 is 4.74 Å². The Hall–Kier alpha value is -3.92. The van der Waals surface area contributed by atoms with Gasteiger partial charge in [-0.25, -0.2) is 18.2 Å². The van der Waals surface area contributed by atoms with Gasteiger partial charge in [-0.3, -0.25) is 0 Å². The third kappa shape index (κ3) is 3.78. The molecule has 1 N–H and O–H groups in total. The van der Waals surface area contributed by atoms with Crippen LogP contribution in [0.2, 0.25) is 5.02 Å². The van der Waals surface area contributed by atoms with Gasteiger partial charge in [0.2, 0.25) is 5.82 Å². The molecule has 0 aliphatic heterocycles. The summed E-state index contributed by atoms with van der Waals surface area (Å²) in [7, 11) is 1.47. The van der Waals surface area contributed by atoms with Crippen LogP contribution in [0.3, 0.4) is 0 Å². The smallest absolute Gasteiger partial charge is 0.204 e. The molecular formula is C22H14ClF3N6O. The van der Waals surface area contributed by atoms with E-state index in [-0.39, 0.29) is 17.9 Å². The lowest BCUT2D eigenvalue weighted by atomic mass is 10.1. The predicted molar refractivity (Wildman–Crippen MR) is 115 cm³/mol. The molecule has 2 aromatic heterocycles. The molecule has 7 nitrogen and oxygen atoms in total. The van der Waals surface area contributed by atoms with Gasteiger partial charge in [-0.05, 0) is 29.5 Å². The number of imidazole rings is 1. The number of ether oxygens (including phenoxy) is 1. The molecule has 33 heavy (non-hydrogen) atoms. The van der Waals surface area contributed by atoms with E-state index in [2.05, 4.69) is 25.6 Å². The largest absolute Gasteiger partial charge is 0.496 e. The van der Waals surface area contributed by atoms with Gasteiger partial charge in [-0.1, -0.05) is 23.7 Å². The zero-order valence-corrected chi connectivity index (χ0v) is 17.7. The highest BCUT2D eigenvalue weighted by Crippen LogP contribution is 2.35. The maximum Gasteiger partial charge on any atom is 0.204 e. The molecule has 0 radical (unpaired) electrons. The SMILES string of the molecule is COc1cc(Cl)ccc1-c1nc2cc(F)c(F)cc2n1Cc1ccc(-c2nn[nH]n2)cc1F. The Balaban J connectivity index is 1.67. The van der Waals surface area contributed by atoms with E-state index < -0.39 is 17.5 Å². The molecule has 0 saturated carbocycles. The number of benzene rings is 3. The average Bonchev–Trinajstić information content (AvgIpc) is 3.45. The number of halogens is 4. The van der Waals surface area contributed by atoms with Gasteiger partial charge >= 0.3 is 0 Å². The number of methoxy groups -OCH3 is 1. The fourth-order valence-electron chi connectivity index (χ4n) is 3.60. The van der Waals surface area contributed by atoms with Gasteiger partial charge in [0.1, 0.15) is 17.4 Å². The van der Waals surface area contributed by atoms with E-state index in [9.17, 15) is 8.78 Å². The summed E-state index contributed by atoms with van der Waals surface area (Å²) in [6, 6.07) is 11.5. The molecule has 0 fully saturated rings. The number of nitrogens with zero attached hydrogens (tertiary/aromatic N) is 5. The zero-order valence-electron chi connectivity index (χ0n) is 17.0. The van der Waals surface area contributed by atoms with Crippen LogP contribution in [-0.2, 0) is 6.54 Å². The van der Waals surface area contributed by atoms with E-state index in [1.807, 2.05) is 0 Å². The van der Waals surface area contributed by atoms with Crippen molar-refractivity contribution >= 4 is 22.6 Å². The van der Waals surface area contributed by atoms with Crippen LogP contribution in [0.5, 0.6) is 5.75 Å². The normalized spacial score (nSPS) is 11.3. The highest BCUT2D eigenvalue weighted by Gasteiger charge is 2.20. The van der Waals surface area contributed by atoms with Crippen molar-refractivity contribution in [1.82, 2.24) is 30.2 Å². The van der Waals surface area contributed by atoms with Crippen LogP contribution in [0.15, 0.2) is 48.5 Å². The topological polar surface area (TPSA) is 81.5 Å². The van der Waals surface area contributed by atoms with Gasteiger partial charge in [0.05, 0.1) is 30.3 Å². The molecule has 0 spiro atoms. The molecule has 5 rings (SSSR count). The second-order valence-electron chi connectivity index (χ2n) is 7.16. The fraction of sp³-hybridized carbons (Fsp3) is 0.0909. The van der Waals surface area contributed by atoms with E-state index in [0.717, 1.165) is 12.1 Å². The van der Waals surface area contributed by atoms with Crippen molar-refractivity contribution in [2.45, 2.75) is 6.54 Å². The summed E-state index contributed by atoms with van der Waals surface area (Å²) >= 11 is 6.08. The van der Waals surface area contributed by atoms with Crippen LogP contribution in [0.25, 0.3) is 33.8 Å². The van der Waals surface area contributed by atoms with Crippen molar-refractivity contribution in [1.29, 1.82) is 0 Å². The predicted octanol–water partition coefficient (Wildman–Crippen LogP) is 5.01. The Kier molecular flexibility index (Phi) is 5.21. The van der Waals surface area contributed by atoms with Crippen LogP contribution in [-0.4, -0.2) is 37.3 Å². The lowest BCUT2D eigenvalue weighted by Crippen LogP contribution is -2.05. The fourth-order valence-corrected chi connectivity index (χ4v) is 3.77. The van der Waals surface area contributed by atoms with E-state index in [1.54, 1.807) is 34.9 Å². The van der Waals surface area contributed by atoms with Crippen LogP contribution in [0, 0.1) is 17.5 Å². The van der Waals surface area contributed by atoms with Crippen LogP contribution in [0.4, 0.5) is 13.2 Å². The van der Waals surface area contributed by atoms with Crippen molar-refractivity contribution in [2.75, 3.05) is 7.11 Å². The Morgan fingerprint density at radius 1 is 1.00 bits per heavy atom. The number of H-pyrrole nitrogens is 1. The minimum atomic E-state index is -1.04. The Morgan fingerprint density at radius 2 is 1.82 bits per heavy atom. The maximum atomic E-state index is 15.0. The number of hydrogen-bond acceptors (Lipinski definition) is 5. The van der Waals surface area contributed by atoms with Gasteiger partial charge in [0.15, 0.2) is 11.6 Å². The number of fused-ring (bicyclic) bond motifs is 1. The number of tetrazole rings is 1. The number of aromatic nitrogens is 6. The molecule has 2 heterocycles. The number of aromatic amines is 1. The number of nitrogens with one attached hydrogen (secondary N) is 1. The lowest BCUT2D eigenvalue weighted by Gasteiger charge is -2.13. The molecule has 0 saturated heterocycles. The molecule has 0 bridgehead atoms. The summed E-state index contributed by atoms with van der Waals surface area (Å²) in [5.74, 6) is -1.60. The molecule has 5 aromatic rings. The Bertz CT molecular complexity index is 1490. The van der Waals surface area contributed by atoms with Gasteiger partial charge in [-0.15, -0.1) is 10.2 Å². The molecular weight excluding hydrogens is 457 g/mol. The van der Waals surface area contributed by atoms with Gasteiger partial charge in [0, 0.05) is 28.3 Å². The quantitative estimate of drug-likeness (QED) is 0.390. The molecule has 11 heteroatoms. The van der Waals surface area contributed by atoms with Crippen molar-refractivity contribution < 1.29 is 17.9 Å². The van der Waals surface area contributed by atoms with Crippen molar-refractivity contribution in [3.05, 3.63) is 76.6 Å². The highest BCUT2D eigenvalue weighted by molar-refractivity contribution is 6.30. The Labute approximate surface area is 189 Å². The maximum absolute atomic E-state index is 15.0. The molecule has 0 amide bonds. The zero-order chi connectivity index (χ0) is 23.1. The first-order chi connectivity index (χ1) is 15.9. The summed E-state index contributed by atoms with van der Waals surface area (Å²) in [5, 5.41) is 13.9. The summed E-state index contributed by atoms with van der Waals surface area (Å²) in [6.07, 6.45) is 0. The van der Waals surface area contributed by atoms with Crippen LogP contribution in [0.1, 0.15) is 5.56 Å². The van der Waals surface area contributed by atoms with E-state index in [4.69, 9.17) is 16.3 Å². The first kappa shape index (κ1) is 21.0. The van der Waals surface area contributed by atoms with Crippen molar-refractivity contribution in [2.24, 2.45) is 0 Å². The highest BCUT2D eigenvalue weighted by atomic mass is 35.5. The summed E-state index contributed by atoms with van der Waals surface area (Å²) in [6.45, 7) is -0.0129. The first-order valence-corrected chi connectivity index (χ1v) is 10.0. The van der Waals surface area contributed by atoms with E-state index in [1.165, 1.54) is 13.2 Å². The van der Waals surface area contributed by atoms with E-state index in [0.29, 0.717) is 38.8 Å².